The summed E-state index contributed by atoms with van der Waals surface area (Å²) >= 11 is 0. The summed E-state index contributed by atoms with van der Waals surface area (Å²) in [5, 5.41) is 2.90. The Bertz CT molecular complexity index is 640. The van der Waals surface area contributed by atoms with Crippen molar-refractivity contribution in [3.63, 3.8) is 0 Å². The van der Waals surface area contributed by atoms with Gasteiger partial charge in [-0.2, -0.15) is 0 Å². The van der Waals surface area contributed by atoms with Crippen LogP contribution in [0.3, 0.4) is 0 Å². The number of carbonyl (C=O) groups excluding carboxylic acids is 1. The van der Waals surface area contributed by atoms with E-state index < -0.39 is 0 Å². The lowest BCUT2D eigenvalue weighted by molar-refractivity contribution is -0.116. The molecule has 0 fully saturated rings. The Hall–Kier alpha value is -2.75. The van der Waals surface area contributed by atoms with Gasteiger partial charge in [0.25, 0.3) is 0 Å². The molecule has 0 radical (unpaired) electrons. The third-order valence-electron chi connectivity index (χ3n) is 3.48. The maximum absolute atomic E-state index is 12.0. The van der Waals surface area contributed by atoms with Crippen LogP contribution in [0.5, 0.6) is 0 Å². The summed E-state index contributed by atoms with van der Waals surface area (Å²) < 4.78 is 0. The number of anilines is 1. The van der Waals surface area contributed by atoms with Crippen molar-refractivity contribution < 1.29 is 4.79 Å². The zero-order valence-electron chi connectivity index (χ0n) is 12.4. The highest BCUT2D eigenvalue weighted by Crippen LogP contribution is 2.12. The molecule has 4 heteroatoms. The number of nitrogens with zero attached hydrogens (tertiary/aromatic N) is 2. The molecule has 1 N–H and O–H groups in total. The van der Waals surface area contributed by atoms with Crippen molar-refractivity contribution in [2.45, 2.75) is 6.54 Å². The zero-order valence-corrected chi connectivity index (χ0v) is 12.4. The molecule has 1 aliphatic heterocycles. The molecule has 0 spiro atoms. The van der Waals surface area contributed by atoms with Gasteiger partial charge in [-0.1, -0.05) is 48.5 Å². The lowest BCUT2D eigenvalue weighted by atomic mass is 10.2. The van der Waals surface area contributed by atoms with Crippen LogP contribution >= 0.6 is 0 Å². The van der Waals surface area contributed by atoms with Gasteiger partial charge >= 0.3 is 0 Å². The third kappa shape index (κ3) is 3.88. The maximum atomic E-state index is 12.0. The first-order valence-electron chi connectivity index (χ1n) is 7.35. The van der Waals surface area contributed by atoms with Gasteiger partial charge in [-0.05, 0) is 17.7 Å². The van der Waals surface area contributed by atoms with Gasteiger partial charge in [0.2, 0.25) is 5.91 Å². The normalized spacial score (nSPS) is 13.5. The van der Waals surface area contributed by atoms with Gasteiger partial charge in [-0.15, -0.1) is 0 Å². The monoisotopic (exact) mass is 293 g/mol. The molecular weight excluding hydrogens is 274 g/mol. The molecule has 22 heavy (non-hydrogen) atoms. The molecule has 1 aliphatic rings. The van der Waals surface area contributed by atoms with Crippen LogP contribution in [0.4, 0.5) is 5.69 Å². The van der Waals surface area contributed by atoms with E-state index >= 15 is 0 Å². The van der Waals surface area contributed by atoms with Gasteiger partial charge in [-0.3, -0.25) is 4.79 Å². The summed E-state index contributed by atoms with van der Waals surface area (Å²) in [5.41, 5.74) is 2.10. The van der Waals surface area contributed by atoms with Crippen LogP contribution in [0.1, 0.15) is 5.56 Å². The predicted octanol–water partition coefficient (Wildman–Crippen LogP) is 2.87. The standard InChI is InChI=1S/C18H19N3O/c22-18(19-17-9-5-2-6-10-17)14-21-12-11-20(15-21)13-16-7-3-1-4-8-16/h1-12H,13-15H2,(H,19,22). The summed E-state index contributed by atoms with van der Waals surface area (Å²) in [6.45, 7) is 1.95. The van der Waals surface area contributed by atoms with Crippen LogP contribution in [0.15, 0.2) is 73.1 Å². The fraction of sp³-hybridized carbons (Fsp3) is 0.167. The molecule has 4 nitrogen and oxygen atoms in total. The van der Waals surface area contributed by atoms with Crippen molar-refractivity contribution in [1.29, 1.82) is 0 Å². The summed E-state index contributed by atoms with van der Waals surface area (Å²) in [5.74, 6) is -0.00240. The Labute approximate surface area is 130 Å². The number of nitrogens with one attached hydrogen (secondary N) is 1. The van der Waals surface area contributed by atoms with Crippen molar-refractivity contribution in [2.24, 2.45) is 0 Å². The average Bonchev–Trinajstić information content (AvgIpc) is 2.96. The minimum Gasteiger partial charge on any atom is -0.354 e. The maximum Gasteiger partial charge on any atom is 0.243 e. The van der Waals surface area contributed by atoms with Gasteiger partial charge < -0.3 is 15.1 Å². The summed E-state index contributed by atoms with van der Waals surface area (Å²) in [7, 11) is 0. The molecule has 1 heterocycles. The van der Waals surface area contributed by atoms with E-state index in [-0.39, 0.29) is 5.91 Å². The Morgan fingerprint density at radius 1 is 0.909 bits per heavy atom. The largest absolute Gasteiger partial charge is 0.354 e. The highest BCUT2D eigenvalue weighted by Gasteiger charge is 2.15. The van der Waals surface area contributed by atoms with Gasteiger partial charge in [0.15, 0.2) is 0 Å². The number of benzene rings is 2. The summed E-state index contributed by atoms with van der Waals surface area (Å²) in [6, 6.07) is 19.8. The fourth-order valence-corrected chi connectivity index (χ4v) is 2.45. The second-order valence-corrected chi connectivity index (χ2v) is 5.33. The van der Waals surface area contributed by atoms with Crippen LogP contribution in [0.2, 0.25) is 0 Å². The van der Waals surface area contributed by atoms with Crippen LogP contribution in [-0.2, 0) is 11.3 Å². The molecule has 0 bridgehead atoms. The van der Waals surface area contributed by atoms with E-state index in [1.807, 2.05) is 65.8 Å². The van der Waals surface area contributed by atoms with E-state index in [1.54, 1.807) is 0 Å². The van der Waals surface area contributed by atoms with Crippen molar-refractivity contribution >= 4 is 11.6 Å². The second kappa shape index (κ2) is 6.80. The summed E-state index contributed by atoms with van der Waals surface area (Å²) in [6.07, 6.45) is 4.00. The topological polar surface area (TPSA) is 35.6 Å². The molecule has 0 saturated carbocycles. The van der Waals surface area contributed by atoms with E-state index in [9.17, 15) is 4.79 Å². The Morgan fingerprint density at radius 2 is 1.55 bits per heavy atom. The van der Waals surface area contributed by atoms with Gasteiger partial charge in [-0.25, -0.2) is 0 Å². The van der Waals surface area contributed by atoms with E-state index in [1.165, 1.54) is 5.56 Å². The number of para-hydroxylation sites is 1. The quantitative estimate of drug-likeness (QED) is 0.920. The summed E-state index contributed by atoms with van der Waals surface area (Å²) in [4.78, 5) is 16.2. The predicted molar refractivity (Wildman–Crippen MR) is 87.8 cm³/mol. The molecular formula is C18H19N3O. The van der Waals surface area contributed by atoms with Crippen molar-refractivity contribution in [1.82, 2.24) is 9.80 Å². The number of rotatable bonds is 5. The molecule has 0 aliphatic carbocycles. The highest BCUT2D eigenvalue weighted by atomic mass is 16.2. The van der Waals surface area contributed by atoms with Gasteiger partial charge in [0, 0.05) is 24.6 Å². The lowest BCUT2D eigenvalue weighted by Crippen LogP contribution is -2.32. The molecule has 0 unspecified atom stereocenters. The zero-order chi connectivity index (χ0) is 15.2. The number of amides is 1. The van der Waals surface area contributed by atoms with E-state index in [0.29, 0.717) is 6.54 Å². The van der Waals surface area contributed by atoms with E-state index in [4.69, 9.17) is 0 Å². The molecule has 0 atom stereocenters. The second-order valence-electron chi connectivity index (χ2n) is 5.33. The Balaban J connectivity index is 1.47. The minimum absolute atomic E-state index is 0.00240. The van der Waals surface area contributed by atoms with Crippen molar-refractivity contribution in [3.05, 3.63) is 78.6 Å². The van der Waals surface area contributed by atoms with Crippen LogP contribution in [-0.4, -0.2) is 28.9 Å². The SMILES string of the molecule is O=C(CN1C=CN(Cc2ccccc2)C1)Nc1ccccc1. The third-order valence-corrected chi connectivity index (χ3v) is 3.48. The van der Waals surface area contributed by atoms with E-state index in [0.717, 1.165) is 18.9 Å². The van der Waals surface area contributed by atoms with Crippen LogP contribution in [0.25, 0.3) is 0 Å². The molecule has 3 rings (SSSR count). The Kier molecular flexibility index (Phi) is 4.39. The highest BCUT2D eigenvalue weighted by molar-refractivity contribution is 5.92. The first kappa shape index (κ1) is 14.2. The molecule has 2 aromatic carbocycles. The fourth-order valence-electron chi connectivity index (χ4n) is 2.45. The van der Waals surface area contributed by atoms with Crippen LogP contribution < -0.4 is 5.32 Å². The average molecular weight is 293 g/mol. The number of carbonyl (C=O) groups is 1. The lowest BCUT2D eigenvalue weighted by Gasteiger charge is -2.21. The molecule has 112 valence electrons. The van der Waals surface area contributed by atoms with Crippen LogP contribution in [0, 0.1) is 0 Å². The van der Waals surface area contributed by atoms with Crippen molar-refractivity contribution in [2.75, 3.05) is 18.5 Å². The minimum atomic E-state index is -0.00240. The first-order valence-corrected chi connectivity index (χ1v) is 7.35. The van der Waals surface area contributed by atoms with Gasteiger partial charge in [0.05, 0.1) is 13.2 Å². The molecule has 0 saturated heterocycles. The van der Waals surface area contributed by atoms with Crippen molar-refractivity contribution in [3.8, 4) is 0 Å². The number of hydrogen-bond donors (Lipinski definition) is 1. The molecule has 1 amide bonds. The molecule has 2 aromatic rings. The van der Waals surface area contributed by atoms with E-state index in [2.05, 4.69) is 22.3 Å². The molecule has 0 aromatic heterocycles. The first-order chi connectivity index (χ1) is 10.8. The number of hydrogen-bond acceptors (Lipinski definition) is 3. The van der Waals surface area contributed by atoms with Gasteiger partial charge in [0.1, 0.15) is 0 Å². The Morgan fingerprint density at radius 3 is 2.27 bits per heavy atom. The smallest absolute Gasteiger partial charge is 0.243 e.